The Labute approximate surface area is 227 Å². The standard InChI is InChI=1S/C30H37F2N3O4/c1-5-18-7-6-8-19(11-18)16-33-17-26(37)24(14-20-12-21(31)15-22(32)13-20)35-29(39)27-25(36)10-9-23(34-27)28(38)30(2,3)4/h6-13,15,24,26,28,33,36-38H,5,14,16-17H2,1-4H3,(H,35,39)/t24-,26+,28?/m0/s1. The molecule has 1 heterocycles. The molecule has 0 fully saturated rings. The van der Waals surface area contributed by atoms with E-state index in [4.69, 9.17) is 0 Å². The number of rotatable bonds is 11. The number of halogens is 2. The highest BCUT2D eigenvalue weighted by atomic mass is 19.1. The van der Waals surface area contributed by atoms with E-state index in [9.17, 15) is 28.9 Å². The summed E-state index contributed by atoms with van der Waals surface area (Å²) in [7, 11) is 0. The van der Waals surface area contributed by atoms with Crippen molar-refractivity contribution in [2.75, 3.05) is 6.54 Å². The zero-order valence-corrected chi connectivity index (χ0v) is 22.7. The van der Waals surface area contributed by atoms with Crippen molar-refractivity contribution in [2.24, 2.45) is 5.41 Å². The zero-order valence-electron chi connectivity index (χ0n) is 22.7. The Bertz CT molecular complexity index is 1260. The molecule has 0 aliphatic rings. The molecular formula is C30H37F2N3O4. The maximum atomic E-state index is 13.9. The number of hydrogen-bond donors (Lipinski definition) is 5. The Kier molecular flexibility index (Phi) is 10.1. The summed E-state index contributed by atoms with van der Waals surface area (Å²) in [6.45, 7) is 8.02. The largest absolute Gasteiger partial charge is 0.505 e. The SMILES string of the molecule is CCc1cccc(CNC[C@@H](O)[C@H](Cc2cc(F)cc(F)c2)NC(=O)c2nc(C(O)C(C)(C)C)ccc2O)c1. The number of carbonyl (C=O) groups is 1. The second-order valence-electron chi connectivity index (χ2n) is 10.8. The van der Waals surface area contributed by atoms with E-state index in [2.05, 4.69) is 28.6 Å². The van der Waals surface area contributed by atoms with E-state index in [1.165, 1.54) is 17.7 Å². The van der Waals surface area contributed by atoms with Gasteiger partial charge in [0.05, 0.1) is 17.8 Å². The Morgan fingerprint density at radius 2 is 1.64 bits per heavy atom. The molecule has 2 aromatic carbocycles. The van der Waals surface area contributed by atoms with Crippen LogP contribution in [-0.2, 0) is 19.4 Å². The molecule has 3 aromatic rings. The number of nitrogens with zero attached hydrogens (tertiary/aromatic N) is 1. The summed E-state index contributed by atoms with van der Waals surface area (Å²) in [5, 5.41) is 37.8. The van der Waals surface area contributed by atoms with Gasteiger partial charge in [-0.1, -0.05) is 52.0 Å². The molecule has 1 unspecified atom stereocenters. The lowest BCUT2D eigenvalue weighted by atomic mass is 9.87. The normalized spacial score (nSPS) is 14.1. The van der Waals surface area contributed by atoms with Crippen molar-refractivity contribution >= 4 is 5.91 Å². The number of aromatic hydroxyl groups is 1. The highest BCUT2D eigenvalue weighted by Gasteiger charge is 2.28. The van der Waals surface area contributed by atoms with Crippen molar-refractivity contribution in [3.63, 3.8) is 0 Å². The molecule has 0 radical (unpaired) electrons. The predicted octanol–water partition coefficient (Wildman–Crippen LogP) is 4.20. The monoisotopic (exact) mass is 541 g/mol. The summed E-state index contributed by atoms with van der Waals surface area (Å²) < 4.78 is 27.7. The second-order valence-corrected chi connectivity index (χ2v) is 10.8. The van der Waals surface area contributed by atoms with Gasteiger partial charge in [0.25, 0.3) is 5.91 Å². The number of amides is 1. The van der Waals surface area contributed by atoms with Crippen molar-refractivity contribution in [1.29, 1.82) is 0 Å². The van der Waals surface area contributed by atoms with Crippen LogP contribution in [0.5, 0.6) is 5.75 Å². The van der Waals surface area contributed by atoms with E-state index in [1.54, 1.807) is 0 Å². The molecule has 3 atom stereocenters. The number of aliphatic hydroxyl groups excluding tert-OH is 2. The molecule has 210 valence electrons. The van der Waals surface area contributed by atoms with Crippen LogP contribution in [-0.4, -0.2) is 44.9 Å². The molecule has 1 amide bonds. The summed E-state index contributed by atoms with van der Waals surface area (Å²) in [6, 6.07) is 12.7. The van der Waals surface area contributed by atoms with Crippen LogP contribution in [0.25, 0.3) is 0 Å². The number of nitrogens with one attached hydrogen (secondary N) is 2. The van der Waals surface area contributed by atoms with Gasteiger partial charge in [-0.05, 0) is 59.2 Å². The molecule has 3 rings (SSSR count). The topological polar surface area (TPSA) is 115 Å². The van der Waals surface area contributed by atoms with E-state index in [0.29, 0.717) is 6.54 Å². The lowest BCUT2D eigenvalue weighted by Gasteiger charge is -2.26. The molecule has 0 saturated heterocycles. The van der Waals surface area contributed by atoms with Crippen LogP contribution < -0.4 is 10.6 Å². The van der Waals surface area contributed by atoms with Gasteiger partial charge >= 0.3 is 0 Å². The fourth-order valence-corrected chi connectivity index (χ4v) is 4.20. The van der Waals surface area contributed by atoms with Gasteiger partial charge in [0.1, 0.15) is 23.5 Å². The number of carbonyl (C=O) groups excluding carboxylic acids is 1. The number of benzene rings is 2. The van der Waals surface area contributed by atoms with Gasteiger partial charge < -0.3 is 26.0 Å². The fourth-order valence-electron chi connectivity index (χ4n) is 4.20. The second kappa shape index (κ2) is 13.1. The predicted molar refractivity (Wildman–Crippen MR) is 145 cm³/mol. The van der Waals surface area contributed by atoms with Gasteiger partial charge in [-0.15, -0.1) is 0 Å². The van der Waals surface area contributed by atoms with Gasteiger partial charge in [-0.3, -0.25) is 4.79 Å². The van der Waals surface area contributed by atoms with Crippen LogP contribution in [0.2, 0.25) is 0 Å². The summed E-state index contributed by atoms with van der Waals surface area (Å²) in [5.74, 6) is -2.76. The number of hydrogen-bond acceptors (Lipinski definition) is 6. The number of aromatic nitrogens is 1. The Morgan fingerprint density at radius 1 is 0.974 bits per heavy atom. The summed E-state index contributed by atoms with van der Waals surface area (Å²) >= 11 is 0. The minimum atomic E-state index is -1.15. The number of aryl methyl sites for hydroxylation is 1. The van der Waals surface area contributed by atoms with Crippen LogP contribution >= 0.6 is 0 Å². The third-order valence-corrected chi connectivity index (χ3v) is 6.45. The third-order valence-electron chi connectivity index (χ3n) is 6.45. The summed E-state index contributed by atoms with van der Waals surface area (Å²) in [5.41, 5.74) is 1.74. The molecule has 5 N–H and O–H groups in total. The lowest BCUT2D eigenvalue weighted by molar-refractivity contribution is 0.0583. The van der Waals surface area contributed by atoms with Crippen molar-refractivity contribution in [3.05, 3.63) is 94.3 Å². The van der Waals surface area contributed by atoms with Crippen LogP contribution in [0.15, 0.2) is 54.6 Å². The van der Waals surface area contributed by atoms with E-state index in [-0.39, 0.29) is 29.9 Å². The number of pyridine rings is 1. The smallest absolute Gasteiger partial charge is 0.274 e. The first-order valence-electron chi connectivity index (χ1n) is 13.0. The van der Waals surface area contributed by atoms with Crippen LogP contribution in [0.3, 0.4) is 0 Å². The molecule has 0 saturated carbocycles. The maximum Gasteiger partial charge on any atom is 0.274 e. The average Bonchev–Trinajstić information content (AvgIpc) is 2.87. The van der Waals surface area contributed by atoms with Gasteiger partial charge in [-0.2, -0.15) is 0 Å². The average molecular weight is 542 g/mol. The van der Waals surface area contributed by atoms with Gasteiger partial charge in [-0.25, -0.2) is 13.8 Å². The van der Waals surface area contributed by atoms with Gasteiger partial charge in [0.2, 0.25) is 0 Å². The van der Waals surface area contributed by atoms with Gasteiger partial charge in [0.15, 0.2) is 5.69 Å². The Morgan fingerprint density at radius 3 is 2.28 bits per heavy atom. The molecule has 0 spiro atoms. The summed E-state index contributed by atoms with van der Waals surface area (Å²) in [6.07, 6.45) is -1.35. The highest BCUT2D eigenvalue weighted by Crippen LogP contribution is 2.32. The summed E-state index contributed by atoms with van der Waals surface area (Å²) in [4.78, 5) is 17.4. The van der Waals surface area contributed by atoms with E-state index >= 15 is 0 Å². The van der Waals surface area contributed by atoms with E-state index < -0.39 is 47.0 Å². The first kappa shape index (κ1) is 30.1. The Hall–Kier alpha value is -3.40. The first-order valence-corrected chi connectivity index (χ1v) is 13.0. The van der Waals surface area contributed by atoms with Crippen molar-refractivity contribution < 1.29 is 28.9 Å². The molecule has 39 heavy (non-hydrogen) atoms. The van der Waals surface area contributed by atoms with Crippen molar-refractivity contribution in [3.8, 4) is 5.75 Å². The lowest BCUT2D eigenvalue weighted by Crippen LogP contribution is -2.49. The molecule has 7 nitrogen and oxygen atoms in total. The fraction of sp³-hybridized carbons (Fsp3) is 0.400. The van der Waals surface area contributed by atoms with E-state index in [0.717, 1.165) is 30.2 Å². The molecule has 9 heteroatoms. The van der Waals surface area contributed by atoms with Crippen molar-refractivity contribution in [2.45, 2.75) is 65.3 Å². The minimum Gasteiger partial charge on any atom is -0.505 e. The van der Waals surface area contributed by atoms with E-state index in [1.807, 2.05) is 39.0 Å². The van der Waals surface area contributed by atoms with Crippen molar-refractivity contribution in [1.82, 2.24) is 15.6 Å². The number of aliphatic hydroxyl groups is 2. The molecule has 0 bridgehead atoms. The third kappa shape index (κ3) is 8.54. The maximum absolute atomic E-state index is 13.9. The van der Waals surface area contributed by atoms with Gasteiger partial charge in [0, 0.05) is 19.2 Å². The molecule has 1 aromatic heterocycles. The first-order chi connectivity index (χ1) is 18.4. The Balaban J connectivity index is 1.80. The molecule has 0 aliphatic carbocycles. The highest BCUT2D eigenvalue weighted by molar-refractivity contribution is 5.95. The minimum absolute atomic E-state index is 0.0707. The van der Waals surface area contributed by atoms with Crippen LogP contribution in [0.1, 0.15) is 66.7 Å². The van der Waals surface area contributed by atoms with Crippen LogP contribution in [0.4, 0.5) is 8.78 Å². The molecule has 0 aliphatic heterocycles. The molecular weight excluding hydrogens is 504 g/mol. The zero-order chi connectivity index (χ0) is 28.7. The van der Waals surface area contributed by atoms with Crippen LogP contribution in [0, 0.1) is 17.0 Å². The quantitative estimate of drug-likeness (QED) is 0.249.